The Morgan fingerprint density at radius 2 is 1.83 bits per heavy atom. The number of sulfonamides is 1. The normalized spacial score (nSPS) is 23.8. The summed E-state index contributed by atoms with van der Waals surface area (Å²) in [5.74, 6) is 0.406. The number of hydrogen-bond donors (Lipinski definition) is 1. The zero-order valence-electron chi connectivity index (χ0n) is 21.0. The van der Waals surface area contributed by atoms with E-state index in [4.69, 9.17) is 0 Å². The molecule has 2 amide bonds. The number of carbonyl (C=O) groups is 2. The second kappa shape index (κ2) is 9.38. The topological polar surface area (TPSA) is 103 Å². The van der Waals surface area contributed by atoms with Gasteiger partial charge >= 0.3 is 0 Å². The summed E-state index contributed by atoms with van der Waals surface area (Å²) in [6.07, 6.45) is 3.02. The van der Waals surface area contributed by atoms with Crippen molar-refractivity contribution in [3.63, 3.8) is 0 Å². The molecule has 4 heterocycles. The van der Waals surface area contributed by atoms with Crippen LogP contribution < -0.4 is 14.5 Å². The van der Waals surface area contributed by atoms with Crippen molar-refractivity contribution in [1.82, 2.24) is 15.2 Å². The molecule has 1 N–H and O–H groups in total. The van der Waals surface area contributed by atoms with Crippen molar-refractivity contribution in [3.8, 4) is 0 Å². The van der Waals surface area contributed by atoms with Gasteiger partial charge in [-0.25, -0.2) is 13.4 Å². The Kier molecular flexibility index (Phi) is 6.40. The van der Waals surface area contributed by atoms with Crippen molar-refractivity contribution in [2.45, 2.75) is 45.6 Å². The lowest BCUT2D eigenvalue weighted by atomic mass is 9.94. The summed E-state index contributed by atoms with van der Waals surface area (Å²) < 4.78 is 27.0. The predicted octanol–water partition coefficient (Wildman–Crippen LogP) is 2.19. The number of anilines is 2. The van der Waals surface area contributed by atoms with Gasteiger partial charge in [0.25, 0.3) is 5.91 Å². The maximum Gasteiger partial charge on any atom is 0.256 e. The smallest absolute Gasteiger partial charge is 0.256 e. The molecular weight excluding hydrogens is 478 g/mol. The third-order valence-electron chi connectivity index (χ3n) is 7.37. The fourth-order valence-electron chi connectivity index (χ4n) is 5.54. The molecule has 1 aromatic carbocycles. The molecule has 0 spiro atoms. The summed E-state index contributed by atoms with van der Waals surface area (Å²) in [5, 5.41) is 2.93. The largest absolute Gasteiger partial charge is 0.353 e. The van der Waals surface area contributed by atoms with Crippen LogP contribution in [-0.2, 0) is 14.8 Å². The van der Waals surface area contributed by atoms with E-state index in [1.54, 1.807) is 23.1 Å². The zero-order valence-corrected chi connectivity index (χ0v) is 21.8. The van der Waals surface area contributed by atoms with Gasteiger partial charge in [0.1, 0.15) is 5.82 Å². The highest BCUT2D eigenvalue weighted by atomic mass is 32.2. The van der Waals surface area contributed by atoms with Crippen LogP contribution in [0.4, 0.5) is 11.5 Å². The summed E-state index contributed by atoms with van der Waals surface area (Å²) in [4.78, 5) is 34.7. The second-order valence-electron chi connectivity index (χ2n) is 10.1. The lowest BCUT2D eigenvalue weighted by Gasteiger charge is -2.36. The van der Waals surface area contributed by atoms with E-state index in [-0.39, 0.29) is 29.5 Å². The summed E-state index contributed by atoms with van der Waals surface area (Å²) in [6.45, 7) is 8.69. The van der Waals surface area contributed by atoms with Gasteiger partial charge in [0, 0.05) is 45.0 Å². The molecule has 36 heavy (non-hydrogen) atoms. The van der Waals surface area contributed by atoms with Crippen molar-refractivity contribution in [2.75, 3.05) is 47.7 Å². The van der Waals surface area contributed by atoms with Crippen LogP contribution in [0.5, 0.6) is 0 Å². The van der Waals surface area contributed by atoms with E-state index < -0.39 is 10.0 Å². The van der Waals surface area contributed by atoms with Crippen LogP contribution in [0.2, 0.25) is 0 Å². The zero-order chi connectivity index (χ0) is 25.6. The number of amides is 2. The molecule has 5 rings (SSSR count). The van der Waals surface area contributed by atoms with Crippen molar-refractivity contribution >= 4 is 33.3 Å². The maximum absolute atomic E-state index is 13.7. The summed E-state index contributed by atoms with van der Waals surface area (Å²) in [5.41, 5.74) is 3.73. The average Bonchev–Trinajstić information content (AvgIpc) is 3.38. The predicted molar refractivity (Wildman–Crippen MR) is 139 cm³/mol. The van der Waals surface area contributed by atoms with E-state index in [9.17, 15) is 18.0 Å². The summed E-state index contributed by atoms with van der Waals surface area (Å²) in [7, 11) is -3.50. The van der Waals surface area contributed by atoms with Crippen molar-refractivity contribution < 1.29 is 18.0 Å². The first-order valence-corrected chi connectivity index (χ1v) is 14.2. The van der Waals surface area contributed by atoms with Gasteiger partial charge in [0.15, 0.2) is 0 Å². The van der Waals surface area contributed by atoms with Crippen LogP contribution in [-0.4, -0.2) is 74.6 Å². The quantitative estimate of drug-likeness (QED) is 0.675. The highest BCUT2D eigenvalue weighted by molar-refractivity contribution is 7.93. The second-order valence-corrected chi connectivity index (χ2v) is 12.2. The Labute approximate surface area is 212 Å². The molecule has 2 atom stereocenters. The van der Waals surface area contributed by atoms with Crippen molar-refractivity contribution in [2.24, 2.45) is 0 Å². The number of aryl methyl sites for hydroxylation is 2. The van der Waals surface area contributed by atoms with Gasteiger partial charge in [0.05, 0.1) is 22.9 Å². The number of nitrogens with one attached hydrogen (secondary N) is 1. The molecule has 9 nitrogen and oxygen atoms in total. The molecule has 0 aliphatic carbocycles. The minimum atomic E-state index is -3.50. The molecule has 0 radical (unpaired) electrons. The molecule has 3 saturated heterocycles. The molecule has 3 fully saturated rings. The average molecular weight is 512 g/mol. The van der Waals surface area contributed by atoms with Crippen molar-refractivity contribution in [1.29, 1.82) is 0 Å². The third-order valence-corrected chi connectivity index (χ3v) is 9.23. The number of nitrogens with zero attached hydrogens (tertiary/aromatic N) is 4. The SMILES string of the molecule is Cc1cnc(N2CCN(C(=O)c3ccc([C@@H]4CC(C)NC4=O)cc3N3CCCS3(=O)=O)CC2)c(C)c1. The minimum Gasteiger partial charge on any atom is -0.353 e. The van der Waals surface area contributed by atoms with Crippen LogP contribution >= 0.6 is 0 Å². The molecule has 0 bridgehead atoms. The summed E-state index contributed by atoms with van der Waals surface area (Å²) in [6, 6.07) is 7.42. The number of hydrogen-bond acceptors (Lipinski definition) is 6. The van der Waals surface area contributed by atoms with Crippen LogP contribution in [0, 0.1) is 13.8 Å². The number of benzene rings is 1. The number of rotatable bonds is 4. The van der Waals surface area contributed by atoms with Crippen LogP contribution in [0.25, 0.3) is 0 Å². The Morgan fingerprint density at radius 1 is 1.08 bits per heavy atom. The molecule has 1 unspecified atom stereocenters. The fourth-order valence-corrected chi connectivity index (χ4v) is 7.12. The standard InChI is InChI=1S/C26H33N5O4S/c1-17-13-18(2)24(27-16-17)29-8-10-30(11-9-29)26(33)21-6-5-20(22-14-19(3)28-25(22)32)15-23(21)31-7-4-12-36(31,34)35/h5-6,13,15-16,19,22H,4,7-12,14H2,1-3H3,(H,28,32)/t19?,22-/m0/s1. The highest BCUT2D eigenvalue weighted by Crippen LogP contribution is 2.35. The van der Waals surface area contributed by atoms with Crippen LogP contribution in [0.15, 0.2) is 30.5 Å². The van der Waals surface area contributed by atoms with E-state index in [2.05, 4.69) is 21.3 Å². The Hall–Kier alpha value is -3.14. The Balaban J connectivity index is 1.41. The monoisotopic (exact) mass is 511 g/mol. The molecule has 3 aliphatic heterocycles. The third kappa shape index (κ3) is 4.54. The molecule has 1 aromatic heterocycles. The van der Waals surface area contributed by atoms with E-state index in [1.165, 1.54) is 4.31 Å². The van der Waals surface area contributed by atoms with Crippen LogP contribution in [0.3, 0.4) is 0 Å². The first kappa shape index (κ1) is 24.5. The fraction of sp³-hybridized carbons (Fsp3) is 0.500. The molecular formula is C26H33N5O4S. The van der Waals surface area contributed by atoms with Gasteiger partial charge in [0.2, 0.25) is 15.9 Å². The van der Waals surface area contributed by atoms with Gasteiger partial charge in [-0.1, -0.05) is 12.1 Å². The van der Waals surface area contributed by atoms with Crippen molar-refractivity contribution in [3.05, 3.63) is 52.7 Å². The lowest BCUT2D eigenvalue weighted by molar-refractivity contribution is -0.120. The maximum atomic E-state index is 13.7. The number of carbonyl (C=O) groups excluding carboxylic acids is 2. The van der Waals surface area contributed by atoms with Gasteiger partial charge < -0.3 is 15.1 Å². The van der Waals surface area contributed by atoms with E-state index in [0.717, 1.165) is 22.5 Å². The minimum absolute atomic E-state index is 0.0609. The molecule has 2 aromatic rings. The van der Waals surface area contributed by atoms with E-state index >= 15 is 0 Å². The lowest BCUT2D eigenvalue weighted by Crippen LogP contribution is -2.49. The number of pyridine rings is 1. The molecule has 3 aliphatic rings. The molecule has 0 saturated carbocycles. The van der Waals surface area contributed by atoms with Gasteiger partial charge in [-0.15, -0.1) is 0 Å². The first-order chi connectivity index (χ1) is 17.1. The molecule has 10 heteroatoms. The Morgan fingerprint density at radius 3 is 2.44 bits per heavy atom. The number of aromatic nitrogens is 1. The Bertz CT molecular complexity index is 1300. The van der Waals surface area contributed by atoms with Gasteiger partial charge in [-0.05, 0) is 62.4 Å². The first-order valence-electron chi connectivity index (χ1n) is 12.6. The van der Waals surface area contributed by atoms with E-state index in [1.807, 2.05) is 27.0 Å². The molecule has 192 valence electrons. The van der Waals surface area contributed by atoms with E-state index in [0.29, 0.717) is 56.8 Å². The number of piperazine rings is 1. The van der Waals surface area contributed by atoms with Gasteiger partial charge in [-0.3, -0.25) is 13.9 Å². The summed E-state index contributed by atoms with van der Waals surface area (Å²) >= 11 is 0. The highest BCUT2D eigenvalue weighted by Gasteiger charge is 2.36. The van der Waals surface area contributed by atoms with Crippen LogP contribution in [0.1, 0.15) is 52.7 Å². The van der Waals surface area contributed by atoms with Gasteiger partial charge in [-0.2, -0.15) is 0 Å².